The molecule has 2 aromatic carbocycles. The van der Waals surface area contributed by atoms with Gasteiger partial charge in [0.15, 0.2) is 0 Å². The van der Waals surface area contributed by atoms with Crippen molar-refractivity contribution in [3.8, 4) is 0 Å². The lowest BCUT2D eigenvalue weighted by Crippen LogP contribution is -2.36. The van der Waals surface area contributed by atoms with E-state index in [0.717, 1.165) is 23.8 Å². The Morgan fingerprint density at radius 2 is 1.62 bits per heavy atom. The third-order valence-electron chi connectivity index (χ3n) is 3.30. The highest BCUT2D eigenvalue weighted by molar-refractivity contribution is 6.39. The zero-order valence-electron chi connectivity index (χ0n) is 12.7. The first-order valence-corrected chi connectivity index (χ1v) is 7.11. The molecule has 0 saturated heterocycles. The Morgan fingerprint density at radius 1 is 0.958 bits per heavy atom. The monoisotopic (exact) mass is 336 g/mol. The van der Waals surface area contributed by atoms with E-state index in [1.54, 1.807) is 31.2 Å². The maximum Gasteiger partial charge on any atom is 0.416 e. The molecule has 0 spiro atoms. The minimum absolute atomic E-state index is 0.0997. The number of carbonyl (C=O) groups excluding carboxylic acids is 2. The molecule has 2 N–H and O–H groups in total. The van der Waals surface area contributed by atoms with Crippen LogP contribution < -0.4 is 10.6 Å². The number of amides is 2. The number of nitrogens with one attached hydrogen (secondary N) is 2. The van der Waals surface area contributed by atoms with Crippen molar-refractivity contribution in [3.05, 3.63) is 65.7 Å². The van der Waals surface area contributed by atoms with Crippen molar-refractivity contribution in [1.82, 2.24) is 5.32 Å². The van der Waals surface area contributed by atoms with E-state index in [4.69, 9.17) is 0 Å². The predicted octanol–water partition coefficient (Wildman–Crippen LogP) is 3.52. The summed E-state index contributed by atoms with van der Waals surface area (Å²) in [7, 11) is 0. The molecule has 0 saturated carbocycles. The first kappa shape index (κ1) is 17.5. The molecular formula is C17H15F3N2O2. The predicted molar refractivity (Wildman–Crippen MR) is 83.1 cm³/mol. The Hall–Kier alpha value is -2.83. The zero-order chi connectivity index (χ0) is 17.7. The summed E-state index contributed by atoms with van der Waals surface area (Å²) in [5.41, 5.74) is -0.201. The van der Waals surface area contributed by atoms with Crippen LogP contribution in [0.5, 0.6) is 0 Å². The topological polar surface area (TPSA) is 58.2 Å². The molecule has 0 unspecified atom stereocenters. The molecule has 4 nitrogen and oxygen atoms in total. The minimum Gasteiger partial charge on any atom is -0.341 e. The van der Waals surface area contributed by atoms with Crippen molar-refractivity contribution >= 4 is 17.5 Å². The fourth-order valence-corrected chi connectivity index (χ4v) is 2.05. The molecule has 0 aliphatic carbocycles. The third kappa shape index (κ3) is 4.58. The fraction of sp³-hybridized carbons (Fsp3) is 0.176. The fourth-order valence-electron chi connectivity index (χ4n) is 2.05. The number of hydrogen-bond acceptors (Lipinski definition) is 2. The minimum atomic E-state index is -4.52. The number of benzene rings is 2. The Labute approximate surface area is 136 Å². The largest absolute Gasteiger partial charge is 0.416 e. The van der Waals surface area contributed by atoms with Gasteiger partial charge in [-0.25, -0.2) is 0 Å². The van der Waals surface area contributed by atoms with E-state index >= 15 is 0 Å². The van der Waals surface area contributed by atoms with Gasteiger partial charge in [0.25, 0.3) is 0 Å². The number of carbonyl (C=O) groups is 2. The van der Waals surface area contributed by atoms with Gasteiger partial charge in [-0.3, -0.25) is 9.59 Å². The average molecular weight is 336 g/mol. The molecular weight excluding hydrogens is 321 g/mol. The van der Waals surface area contributed by atoms with Gasteiger partial charge in [0.05, 0.1) is 11.6 Å². The second-order valence-corrected chi connectivity index (χ2v) is 5.14. The van der Waals surface area contributed by atoms with Crippen LogP contribution in [0.3, 0.4) is 0 Å². The standard InChI is InChI=1S/C17H15F3N2O2/c1-11(12-6-3-2-4-7-12)21-15(23)16(24)22-14-9-5-8-13(10-14)17(18,19)20/h2-11H,1H3,(H,21,23)(H,22,24)/t11-/m1/s1. The van der Waals surface area contributed by atoms with Crippen LogP contribution in [-0.2, 0) is 15.8 Å². The molecule has 24 heavy (non-hydrogen) atoms. The highest BCUT2D eigenvalue weighted by Crippen LogP contribution is 2.30. The van der Waals surface area contributed by atoms with Crippen LogP contribution in [0.1, 0.15) is 24.1 Å². The molecule has 2 rings (SSSR count). The number of rotatable bonds is 3. The molecule has 0 heterocycles. The van der Waals surface area contributed by atoms with Crippen molar-refractivity contribution < 1.29 is 22.8 Å². The van der Waals surface area contributed by atoms with Crippen LogP contribution in [0.25, 0.3) is 0 Å². The maximum atomic E-state index is 12.6. The summed E-state index contributed by atoms with van der Waals surface area (Å²) in [4.78, 5) is 23.7. The molecule has 7 heteroatoms. The average Bonchev–Trinajstić information content (AvgIpc) is 2.55. The first-order chi connectivity index (χ1) is 11.3. The summed E-state index contributed by atoms with van der Waals surface area (Å²) in [6.45, 7) is 1.70. The highest BCUT2D eigenvalue weighted by atomic mass is 19.4. The van der Waals surface area contributed by atoms with Crippen molar-refractivity contribution in [1.29, 1.82) is 0 Å². The summed E-state index contributed by atoms with van der Waals surface area (Å²) in [6.07, 6.45) is -4.52. The van der Waals surface area contributed by atoms with Gasteiger partial charge in [0.1, 0.15) is 0 Å². The van der Waals surface area contributed by atoms with Gasteiger partial charge >= 0.3 is 18.0 Å². The summed E-state index contributed by atoms with van der Waals surface area (Å²) in [6, 6.07) is 12.7. The number of halogens is 3. The number of alkyl halides is 3. The number of anilines is 1. The number of hydrogen-bond donors (Lipinski definition) is 2. The normalized spacial score (nSPS) is 12.3. The van der Waals surface area contributed by atoms with E-state index in [0.29, 0.717) is 0 Å². The molecule has 2 aromatic rings. The summed E-state index contributed by atoms with van der Waals surface area (Å²) in [5, 5.41) is 4.65. The van der Waals surface area contributed by atoms with Gasteiger partial charge in [-0.15, -0.1) is 0 Å². The van der Waals surface area contributed by atoms with E-state index in [1.165, 1.54) is 6.07 Å². The second-order valence-electron chi connectivity index (χ2n) is 5.14. The van der Waals surface area contributed by atoms with Crippen molar-refractivity contribution in [3.63, 3.8) is 0 Å². The van der Waals surface area contributed by atoms with Crippen LogP contribution >= 0.6 is 0 Å². The van der Waals surface area contributed by atoms with Gasteiger partial charge in [-0.1, -0.05) is 36.4 Å². The van der Waals surface area contributed by atoms with E-state index < -0.39 is 29.6 Å². The van der Waals surface area contributed by atoms with E-state index in [-0.39, 0.29) is 5.69 Å². The van der Waals surface area contributed by atoms with Crippen molar-refractivity contribution in [2.45, 2.75) is 19.1 Å². The quantitative estimate of drug-likeness (QED) is 0.843. The molecule has 0 fully saturated rings. The lowest BCUT2D eigenvalue weighted by atomic mass is 10.1. The van der Waals surface area contributed by atoms with Crippen LogP contribution in [-0.4, -0.2) is 11.8 Å². The smallest absolute Gasteiger partial charge is 0.341 e. The first-order valence-electron chi connectivity index (χ1n) is 7.11. The molecule has 0 radical (unpaired) electrons. The van der Waals surface area contributed by atoms with Crippen LogP contribution in [0.15, 0.2) is 54.6 Å². The lowest BCUT2D eigenvalue weighted by Gasteiger charge is -2.14. The molecule has 0 aliphatic heterocycles. The van der Waals surface area contributed by atoms with Crippen molar-refractivity contribution in [2.24, 2.45) is 0 Å². The van der Waals surface area contributed by atoms with Crippen LogP contribution in [0, 0.1) is 0 Å². The lowest BCUT2D eigenvalue weighted by molar-refractivity contribution is -0.137. The molecule has 0 aromatic heterocycles. The van der Waals surface area contributed by atoms with Gasteiger partial charge in [-0.2, -0.15) is 13.2 Å². The Balaban J connectivity index is 2.01. The molecule has 0 bridgehead atoms. The maximum absolute atomic E-state index is 12.6. The van der Waals surface area contributed by atoms with Crippen molar-refractivity contribution in [2.75, 3.05) is 5.32 Å². The van der Waals surface area contributed by atoms with Gasteiger partial charge < -0.3 is 10.6 Å². The third-order valence-corrected chi connectivity index (χ3v) is 3.30. The second kappa shape index (κ2) is 7.16. The summed E-state index contributed by atoms with van der Waals surface area (Å²) >= 11 is 0. The Morgan fingerprint density at radius 3 is 2.25 bits per heavy atom. The van der Waals surface area contributed by atoms with E-state index in [1.807, 2.05) is 6.07 Å². The molecule has 126 valence electrons. The van der Waals surface area contributed by atoms with Crippen LogP contribution in [0.4, 0.5) is 18.9 Å². The SMILES string of the molecule is C[C@@H](NC(=O)C(=O)Nc1cccc(C(F)(F)F)c1)c1ccccc1. The van der Waals surface area contributed by atoms with Crippen LogP contribution in [0.2, 0.25) is 0 Å². The Kier molecular flexibility index (Phi) is 5.23. The van der Waals surface area contributed by atoms with E-state index in [9.17, 15) is 22.8 Å². The molecule has 2 amide bonds. The van der Waals surface area contributed by atoms with Gasteiger partial charge in [0.2, 0.25) is 0 Å². The van der Waals surface area contributed by atoms with E-state index in [2.05, 4.69) is 10.6 Å². The highest BCUT2D eigenvalue weighted by Gasteiger charge is 2.30. The zero-order valence-corrected chi connectivity index (χ0v) is 12.7. The molecule has 0 aliphatic rings. The van der Waals surface area contributed by atoms with Gasteiger partial charge in [-0.05, 0) is 30.7 Å². The molecule has 1 atom stereocenters. The summed E-state index contributed by atoms with van der Waals surface area (Å²) < 4.78 is 37.9. The van der Waals surface area contributed by atoms with Gasteiger partial charge in [0, 0.05) is 5.69 Å². The Bertz CT molecular complexity index is 730. The summed E-state index contributed by atoms with van der Waals surface area (Å²) in [5.74, 6) is -1.96.